The van der Waals surface area contributed by atoms with Crippen LogP contribution in [0.2, 0.25) is 0 Å². The molecule has 1 heterocycles. The fourth-order valence-electron chi connectivity index (χ4n) is 1.81. The standard InChI is InChI=1S/C15H18N4OS/c1-10-5-3-4-6-12(10)8-17-14(20)9-21-15-18-11(2)7-13(16)19-15/h3-7H,8-9H2,1-2H3,(H,17,20)(H2,16,18,19). The van der Waals surface area contributed by atoms with Crippen LogP contribution in [-0.2, 0) is 11.3 Å². The fraction of sp³-hybridized carbons (Fsp3) is 0.267. The SMILES string of the molecule is Cc1cc(N)nc(SCC(=O)NCc2ccccc2C)n1. The maximum Gasteiger partial charge on any atom is 0.230 e. The molecule has 0 saturated heterocycles. The molecule has 0 aliphatic carbocycles. The van der Waals surface area contributed by atoms with E-state index >= 15 is 0 Å². The summed E-state index contributed by atoms with van der Waals surface area (Å²) in [6.45, 7) is 4.41. The van der Waals surface area contributed by atoms with Gasteiger partial charge >= 0.3 is 0 Å². The van der Waals surface area contributed by atoms with Crippen molar-refractivity contribution in [2.45, 2.75) is 25.5 Å². The highest BCUT2D eigenvalue weighted by atomic mass is 32.2. The predicted octanol–water partition coefficient (Wildman–Crippen LogP) is 2.08. The molecular weight excluding hydrogens is 284 g/mol. The molecule has 2 aromatic rings. The average molecular weight is 302 g/mol. The number of hydrogen-bond acceptors (Lipinski definition) is 5. The third-order valence-electron chi connectivity index (χ3n) is 2.92. The van der Waals surface area contributed by atoms with Crippen LogP contribution in [0.1, 0.15) is 16.8 Å². The summed E-state index contributed by atoms with van der Waals surface area (Å²) in [5.41, 5.74) is 8.73. The van der Waals surface area contributed by atoms with Crippen molar-refractivity contribution in [1.29, 1.82) is 0 Å². The predicted molar refractivity (Wildman–Crippen MR) is 84.9 cm³/mol. The molecule has 0 fully saturated rings. The molecule has 0 radical (unpaired) electrons. The van der Waals surface area contributed by atoms with Crippen LogP contribution in [0.15, 0.2) is 35.5 Å². The average Bonchev–Trinajstić information content (AvgIpc) is 2.43. The van der Waals surface area contributed by atoms with Crippen molar-refractivity contribution in [3.63, 3.8) is 0 Å². The van der Waals surface area contributed by atoms with Crippen LogP contribution < -0.4 is 11.1 Å². The first-order valence-corrected chi connectivity index (χ1v) is 7.58. The lowest BCUT2D eigenvalue weighted by atomic mass is 10.1. The Bertz CT molecular complexity index is 625. The number of benzene rings is 1. The molecule has 0 bridgehead atoms. The second kappa shape index (κ2) is 7.08. The number of carbonyl (C=O) groups is 1. The zero-order chi connectivity index (χ0) is 15.2. The van der Waals surface area contributed by atoms with Crippen LogP contribution >= 0.6 is 11.8 Å². The number of aromatic nitrogens is 2. The highest BCUT2D eigenvalue weighted by Gasteiger charge is 2.06. The first kappa shape index (κ1) is 15.3. The van der Waals surface area contributed by atoms with Crippen molar-refractivity contribution >= 4 is 23.5 Å². The van der Waals surface area contributed by atoms with Gasteiger partial charge in [0.05, 0.1) is 5.75 Å². The highest BCUT2D eigenvalue weighted by molar-refractivity contribution is 7.99. The Hall–Kier alpha value is -2.08. The zero-order valence-corrected chi connectivity index (χ0v) is 12.9. The number of rotatable bonds is 5. The van der Waals surface area contributed by atoms with Gasteiger partial charge in [-0.1, -0.05) is 36.0 Å². The minimum Gasteiger partial charge on any atom is -0.384 e. The molecule has 0 spiro atoms. The number of hydrogen-bond donors (Lipinski definition) is 2. The normalized spacial score (nSPS) is 10.4. The quantitative estimate of drug-likeness (QED) is 0.653. The summed E-state index contributed by atoms with van der Waals surface area (Å²) in [6, 6.07) is 9.68. The summed E-state index contributed by atoms with van der Waals surface area (Å²) in [6.07, 6.45) is 0. The van der Waals surface area contributed by atoms with Crippen LogP contribution in [0.4, 0.5) is 5.82 Å². The maximum absolute atomic E-state index is 11.9. The molecular formula is C15H18N4OS. The molecule has 6 heteroatoms. The molecule has 0 saturated carbocycles. The maximum atomic E-state index is 11.9. The van der Waals surface area contributed by atoms with Gasteiger partial charge in [-0.15, -0.1) is 0 Å². The van der Waals surface area contributed by atoms with E-state index in [2.05, 4.69) is 15.3 Å². The third kappa shape index (κ3) is 4.75. The molecule has 1 amide bonds. The minimum absolute atomic E-state index is 0.0491. The molecule has 1 aromatic heterocycles. The number of amides is 1. The molecule has 1 aromatic carbocycles. The molecule has 5 nitrogen and oxygen atoms in total. The van der Waals surface area contributed by atoms with E-state index in [1.54, 1.807) is 6.07 Å². The monoisotopic (exact) mass is 302 g/mol. The summed E-state index contributed by atoms with van der Waals surface area (Å²) in [7, 11) is 0. The lowest BCUT2D eigenvalue weighted by Crippen LogP contribution is -2.25. The molecule has 3 N–H and O–H groups in total. The van der Waals surface area contributed by atoms with Crippen LogP contribution in [0.3, 0.4) is 0 Å². The Balaban J connectivity index is 1.84. The van der Waals surface area contributed by atoms with Crippen molar-refractivity contribution in [2.75, 3.05) is 11.5 Å². The van der Waals surface area contributed by atoms with Gasteiger partial charge in [0.15, 0.2) is 5.16 Å². The largest absolute Gasteiger partial charge is 0.384 e. The Morgan fingerprint density at radius 2 is 2.05 bits per heavy atom. The van der Waals surface area contributed by atoms with E-state index in [1.807, 2.05) is 38.1 Å². The summed E-state index contributed by atoms with van der Waals surface area (Å²) in [5, 5.41) is 3.42. The number of thioether (sulfide) groups is 1. The van der Waals surface area contributed by atoms with E-state index < -0.39 is 0 Å². The topological polar surface area (TPSA) is 80.9 Å². The van der Waals surface area contributed by atoms with E-state index in [0.29, 0.717) is 17.5 Å². The van der Waals surface area contributed by atoms with Crippen molar-refractivity contribution in [2.24, 2.45) is 0 Å². The van der Waals surface area contributed by atoms with Gasteiger partial charge in [-0.3, -0.25) is 4.79 Å². The molecule has 2 rings (SSSR count). The molecule has 0 atom stereocenters. The van der Waals surface area contributed by atoms with Gasteiger partial charge in [0.1, 0.15) is 5.82 Å². The number of aryl methyl sites for hydroxylation is 2. The fourth-order valence-corrected chi connectivity index (χ4v) is 2.55. The van der Waals surface area contributed by atoms with Gasteiger partial charge in [-0.2, -0.15) is 0 Å². The van der Waals surface area contributed by atoms with Gasteiger partial charge in [-0.05, 0) is 25.0 Å². The third-order valence-corrected chi connectivity index (χ3v) is 3.77. The Morgan fingerprint density at radius 1 is 1.29 bits per heavy atom. The molecule has 0 aliphatic rings. The number of nitrogens with zero attached hydrogens (tertiary/aromatic N) is 2. The van der Waals surface area contributed by atoms with E-state index in [0.717, 1.165) is 11.3 Å². The van der Waals surface area contributed by atoms with Crippen LogP contribution in [0, 0.1) is 13.8 Å². The molecule has 21 heavy (non-hydrogen) atoms. The van der Waals surface area contributed by atoms with Crippen molar-refractivity contribution < 1.29 is 4.79 Å². The van der Waals surface area contributed by atoms with E-state index in [9.17, 15) is 4.79 Å². The summed E-state index contributed by atoms with van der Waals surface area (Å²) in [4.78, 5) is 20.2. The lowest BCUT2D eigenvalue weighted by molar-refractivity contribution is -0.118. The number of anilines is 1. The van der Waals surface area contributed by atoms with E-state index in [1.165, 1.54) is 17.3 Å². The molecule has 0 aliphatic heterocycles. The van der Waals surface area contributed by atoms with Crippen molar-refractivity contribution in [1.82, 2.24) is 15.3 Å². The summed E-state index contributed by atoms with van der Waals surface area (Å²) < 4.78 is 0. The second-order valence-electron chi connectivity index (χ2n) is 4.71. The van der Waals surface area contributed by atoms with Gasteiger partial charge in [0, 0.05) is 18.3 Å². The first-order chi connectivity index (χ1) is 10.0. The van der Waals surface area contributed by atoms with Crippen molar-refractivity contribution in [3.8, 4) is 0 Å². The summed E-state index contributed by atoms with van der Waals surface area (Å²) in [5.74, 6) is 0.645. The number of nitrogens with two attached hydrogens (primary N) is 1. The zero-order valence-electron chi connectivity index (χ0n) is 12.1. The number of nitrogen functional groups attached to an aromatic ring is 1. The Labute approximate surface area is 128 Å². The summed E-state index contributed by atoms with van der Waals surface area (Å²) >= 11 is 1.28. The molecule has 110 valence electrons. The second-order valence-corrected chi connectivity index (χ2v) is 5.65. The van der Waals surface area contributed by atoms with Crippen LogP contribution in [0.5, 0.6) is 0 Å². The van der Waals surface area contributed by atoms with Gasteiger partial charge in [0.25, 0.3) is 0 Å². The first-order valence-electron chi connectivity index (χ1n) is 6.60. The van der Waals surface area contributed by atoms with Crippen LogP contribution in [0.25, 0.3) is 0 Å². The smallest absolute Gasteiger partial charge is 0.230 e. The van der Waals surface area contributed by atoms with Gasteiger partial charge in [-0.25, -0.2) is 9.97 Å². The number of carbonyl (C=O) groups excluding carboxylic acids is 1. The number of nitrogens with one attached hydrogen (secondary N) is 1. The van der Waals surface area contributed by atoms with E-state index in [-0.39, 0.29) is 11.7 Å². The Kier molecular flexibility index (Phi) is 5.16. The highest BCUT2D eigenvalue weighted by Crippen LogP contribution is 2.14. The van der Waals surface area contributed by atoms with E-state index in [4.69, 9.17) is 5.73 Å². The lowest BCUT2D eigenvalue weighted by Gasteiger charge is -2.07. The Morgan fingerprint density at radius 3 is 2.76 bits per heavy atom. The van der Waals surface area contributed by atoms with Crippen molar-refractivity contribution in [3.05, 3.63) is 47.2 Å². The van der Waals surface area contributed by atoms with Gasteiger partial charge < -0.3 is 11.1 Å². The van der Waals surface area contributed by atoms with Gasteiger partial charge in [0.2, 0.25) is 5.91 Å². The molecule has 0 unspecified atom stereocenters. The minimum atomic E-state index is -0.0491. The van der Waals surface area contributed by atoms with Crippen LogP contribution in [-0.4, -0.2) is 21.6 Å².